The molecule has 7 N–H and O–H groups in total. The first kappa shape index (κ1) is 14.2. The van der Waals surface area contributed by atoms with Crippen LogP contribution in [0.3, 0.4) is 0 Å². The smallest absolute Gasteiger partial charge is 0.280 e. The molecule has 1 unspecified atom stereocenters. The second-order valence-corrected chi connectivity index (χ2v) is 4.13. The van der Waals surface area contributed by atoms with Crippen LogP contribution in [-0.2, 0) is 11.5 Å². The minimum absolute atomic E-state index is 0.0456. The molecule has 0 aliphatic carbocycles. The van der Waals surface area contributed by atoms with E-state index in [0.717, 1.165) is 0 Å². The predicted octanol–water partition coefficient (Wildman–Crippen LogP) is -2.00. The van der Waals surface area contributed by atoms with Crippen LogP contribution in [0.2, 0.25) is 0 Å². The SMILES string of the molecule is Nc1nc2c(nc(N)n2COC(CO)CCO)c(=O)[nH]1. The summed E-state index contributed by atoms with van der Waals surface area (Å²) >= 11 is 0. The summed E-state index contributed by atoms with van der Waals surface area (Å²) in [5.41, 5.74) is 10.9. The molecule has 2 heterocycles. The van der Waals surface area contributed by atoms with Gasteiger partial charge in [0.05, 0.1) is 12.7 Å². The third-order valence-electron chi connectivity index (χ3n) is 2.75. The highest BCUT2D eigenvalue weighted by Gasteiger charge is 2.15. The van der Waals surface area contributed by atoms with Crippen LogP contribution in [0.15, 0.2) is 4.79 Å². The number of nitrogens with one attached hydrogen (secondary N) is 1. The van der Waals surface area contributed by atoms with E-state index in [1.54, 1.807) is 0 Å². The van der Waals surface area contributed by atoms with Gasteiger partial charge < -0.3 is 26.4 Å². The molecule has 2 rings (SSSR count). The second-order valence-electron chi connectivity index (χ2n) is 4.13. The summed E-state index contributed by atoms with van der Waals surface area (Å²) in [5.74, 6) is -0.0120. The normalized spacial score (nSPS) is 12.9. The Morgan fingerprint density at radius 1 is 1.35 bits per heavy atom. The maximum Gasteiger partial charge on any atom is 0.280 e. The highest BCUT2D eigenvalue weighted by Crippen LogP contribution is 2.13. The van der Waals surface area contributed by atoms with Crippen molar-refractivity contribution in [3.8, 4) is 0 Å². The molecule has 10 heteroatoms. The fourth-order valence-corrected chi connectivity index (χ4v) is 1.72. The lowest BCUT2D eigenvalue weighted by atomic mass is 10.3. The van der Waals surface area contributed by atoms with Crippen molar-refractivity contribution >= 4 is 23.1 Å². The van der Waals surface area contributed by atoms with Gasteiger partial charge in [-0.1, -0.05) is 0 Å². The Balaban J connectivity index is 2.30. The molecule has 0 radical (unpaired) electrons. The molecule has 0 saturated heterocycles. The van der Waals surface area contributed by atoms with Gasteiger partial charge in [0.2, 0.25) is 11.9 Å². The predicted molar refractivity (Wildman–Crippen MR) is 70.6 cm³/mol. The van der Waals surface area contributed by atoms with Gasteiger partial charge in [-0.25, -0.2) is 4.98 Å². The fourth-order valence-electron chi connectivity index (χ4n) is 1.72. The maximum atomic E-state index is 11.6. The number of aromatic nitrogens is 4. The number of aliphatic hydroxyl groups is 2. The third kappa shape index (κ3) is 2.71. The second kappa shape index (κ2) is 5.86. The van der Waals surface area contributed by atoms with Gasteiger partial charge >= 0.3 is 0 Å². The first-order chi connectivity index (χ1) is 9.56. The number of hydrogen-bond acceptors (Lipinski definition) is 8. The molecule has 0 amide bonds. The van der Waals surface area contributed by atoms with E-state index in [0.29, 0.717) is 0 Å². The van der Waals surface area contributed by atoms with E-state index < -0.39 is 11.7 Å². The van der Waals surface area contributed by atoms with E-state index in [1.165, 1.54) is 4.57 Å². The van der Waals surface area contributed by atoms with E-state index in [2.05, 4.69) is 15.0 Å². The number of nitrogens with two attached hydrogens (primary N) is 2. The van der Waals surface area contributed by atoms with Crippen LogP contribution in [0.1, 0.15) is 6.42 Å². The van der Waals surface area contributed by atoms with Gasteiger partial charge in [0.1, 0.15) is 6.73 Å². The van der Waals surface area contributed by atoms with Crippen molar-refractivity contribution in [3.05, 3.63) is 10.4 Å². The van der Waals surface area contributed by atoms with Crippen molar-refractivity contribution in [2.24, 2.45) is 0 Å². The van der Waals surface area contributed by atoms with E-state index in [4.69, 9.17) is 26.4 Å². The molecule has 110 valence electrons. The van der Waals surface area contributed by atoms with E-state index in [9.17, 15) is 4.79 Å². The van der Waals surface area contributed by atoms with Crippen LogP contribution in [0, 0.1) is 0 Å². The summed E-state index contributed by atoms with van der Waals surface area (Å²) in [6.45, 7) is -0.428. The lowest BCUT2D eigenvalue weighted by molar-refractivity contribution is -0.0324. The highest BCUT2D eigenvalue weighted by atomic mass is 16.5. The molecule has 1 atom stereocenters. The van der Waals surface area contributed by atoms with Gasteiger partial charge in [-0.15, -0.1) is 0 Å². The summed E-state index contributed by atoms with van der Waals surface area (Å²) in [5, 5.41) is 17.9. The summed E-state index contributed by atoms with van der Waals surface area (Å²) in [6, 6.07) is 0. The Bertz CT molecular complexity index is 651. The number of anilines is 2. The monoisotopic (exact) mass is 284 g/mol. The molecule has 0 spiro atoms. The molecule has 2 aromatic rings. The number of hydrogen-bond donors (Lipinski definition) is 5. The number of rotatable bonds is 6. The van der Waals surface area contributed by atoms with Crippen molar-refractivity contribution in [3.63, 3.8) is 0 Å². The van der Waals surface area contributed by atoms with Gasteiger partial charge in [-0.3, -0.25) is 14.3 Å². The zero-order valence-electron chi connectivity index (χ0n) is 10.6. The Kier molecular flexibility index (Phi) is 4.17. The largest absolute Gasteiger partial charge is 0.396 e. The molecular weight excluding hydrogens is 268 g/mol. The van der Waals surface area contributed by atoms with Gasteiger partial charge in [0.25, 0.3) is 5.56 Å². The van der Waals surface area contributed by atoms with Gasteiger partial charge in [-0.05, 0) is 6.42 Å². The van der Waals surface area contributed by atoms with Crippen molar-refractivity contribution in [2.45, 2.75) is 19.3 Å². The first-order valence-corrected chi connectivity index (χ1v) is 5.91. The summed E-state index contributed by atoms with van der Waals surface area (Å²) < 4.78 is 6.75. The number of nitrogens with zero attached hydrogens (tertiary/aromatic N) is 3. The Morgan fingerprint density at radius 3 is 2.75 bits per heavy atom. The molecule has 20 heavy (non-hydrogen) atoms. The van der Waals surface area contributed by atoms with Crippen molar-refractivity contribution in [1.82, 2.24) is 19.5 Å². The molecular formula is C10H16N6O4. The molecule has 10 nitrogen and oxygen atoms in total. The lowest BCUT2D eigenvalue weighted by Crippen LogP contribution is -2.21. The molecule has 0 bridgehead atoms. The number of ether oxygens (including phenoxy) is 1. The van der Waals surface area contributed by atoms with E-state index >= 15 is 0 Å². The van der Waals surface area contributed by atoms with Crippen molar-refractivity contribution in [1.29, 1.82) is 0 Å². The minimum atomic E-state index is -0.545. The Hall–Kier alpha value is -2.17. The van der Waals surface area contributed by atoms with Crippen LogP contribution in [0.4, 0.5) is 11.9 Å². The Labute approximate surface area is 113 Å². The molecule has 0 aliphatic rings. The number of nitrogen functional groups attached to an aromatic ring is 2. The standard InChI is InChI=1S/C10H16N6O4/c11-9-14-7-6(8(19)15-9)13-10(12)16(7)4-20-5(3-18)1-2-17/h5,17-18H,1-4H2,(H2,12,13)(H3,11,14,15,19). The zero-order valence-corrected chi connectivity index (χ0v) is 10.6. The molecule has 0 aliphatic heterocycles. The number of aliphatic hydroxyl groups excluding tert-OH is 2. The number of imidazole rings is 1. The molecule has 2 aromatic heterocycles. The van der Waals surface area contributed by atoms with E-state index in [-0.39, 0.29) is 49.4 Å². The molecule has 0 saturated carbocycles. The summed E-state index contributed by atoms with van der Waals surface area (Å²) in [4.78, 5) is 21.8. The number of fused-ring (bicyclic) bond motifs is 1. The number of H-pyrrole nitrogens is 1. The lowest BCUT2D eigenvalue weighted by Gasteiger charge is -2.15. The average molecular weight is 284 g/mol. The maximum absolute atomic E-state index is 11.6. The van der Waals surface area contributed by atoms with Crippen LogP contribution < -0.4 is 17.0 Å². The van der Waals surface area contributed by atoms with Crippen molar-refractivity contribution < 1.29 is 14.9 Å². The summed E-state index contributed by atoms with van der Waals surface area (Å²) in [6.07, 6.45) is -0.268. The van der Waals surface area contributed by atoms with Crippen LogP contribution in [-0.4, -0.2) is 49.0 Å². The van der Waals surface area contributed by atoms with Gasteiger partial charge in [-0.2, -0.15) is 4.98 Å². The first-order valence-electron chi connectivity index (χ1n) is 5.91. The van der Waals surface area contributed by atoms with Crippen LogP contribution in [0.5, 0.6) is 0 Å². The van der Waals surface area contributed by atoms with Crippen molar-refractivity contribution in [2.75, 3.05) is 24.7 Å². The van der Waals surface area contributed by atoms with Gasteiger partial charge in [0.15, 0.2) is 11.2 Å². The van der Waals surface area contributed by atoms with Gasteiger partial charge in [0, 0.05) is 6.61 Å². The fraction of sp³-hybridized carbons (Fsp3) is 0.500. The quantitative estimate of drug-likeness (QED) is 0.406. The molecule has 0 fully saturated rings. The minimum Gasteiger partial charge on any atom is -0.396 e. The van der Waals surface area contributed by atoms with E-state index in [1.807, 2.05) is 0 Å². The zero-order chi connectivity index (χ0) is 14.7. The average Bonchev–Trinajstić information content (AvgIpc) is 2.71. The Morgan fingerprint density at radius 2 is 2.10 bits per heavy atom. The number of aromatic amines is 1. The topological polar surface area (TPSA) is 165 Å². The third-order valence-corrected chi connectivity index (χ3v) is 2.75. The van der Waals surface area contributed by atoms with Crippen LogP contribution in [0.25, 0.3) is 11.2 Å². The summed E-state index contributed by atoms with van der Waals surface area (Å²) in [7, 11) is 0. The van der Waals surface area contributed by atoms with Crippen LogP contribution >= 0.6 is 0 Å². The molecule has 0 aromatic carbocycles. The highest BCUT2D eigenvalue weighted by molar-refractivity contribution is 5.73.